The zero-order valence-corrected chi connectivity index (χ0v) is 22.4. The molecule has 2 bridgehead atoms. The zero-order valence-electron chi connectivity index (χ0n) is 20.0. The van der Waals surface area contributed by atoms with Crippen LogP contribution >= 0.6 is 27.3 Å². The molecule has 0 spiro atoms. The van der Waals surface area contributed by atoms with Crippen molar-refractivity contribution >= 4 is 61.7 Å². The smallest absolute Gasteiger partial charge is 0.212 e. The number of fused-ring (bicyclic) bond motifs is 7. The van der Waals surface area contributed by atoms with E-state index in [1.165, 1.54) is 54.3 Å². The van der Waals surface area contributed by atoms with Gasteiger partial charge in [0, 0.05) is 50.8 Å². The summed E-state index contributed by atoms with van der Waals surface area (Å²) in [5.41, 5.74) is 9.30. The molecule has 2 aliphatic heterocycles. The Bertz CT molecular complexity index is 1670. The van der Waals surface area contributed by atoms with Gasteiger partial charge in [-0.2, -0.15) is 0 Å². The summed E-state index contributed by atoms with van der Waals surface area (Å²) < 4.78 is 3.32. The van der Waals surface area contributed by atoms with Crippen LogP contribution in [-0.2, 0) is 20.1 Å². The van der Waals surface area contributed by atoms with Gasteiger partial charge in [-0.25, -0.2) is 4.57 Å². The Labute approximate surface area is 223 Å². The average molecular weight is 552 g/mol. The molecule has 3 nitrogen and oxygen atoms in total. The number of hydrogen-bond acceptors (Lipinski definition) is 3. The Hall–Kier alpha value is -3.41. The minimum Gasteiger partial charge on any atom is -0.349 e. The number of benzene rings is 3. The Balaban J connectivity index is 1.17. The topological polar surface area (TPSA) is 10.4 Å². The van der Waals surface area contributed by atoms with Gasteiger partial charge in [-0.05, 0) is 76.9 Å². The van der Waals surface area contributed by atoms with E-state index in [0.29, 0.717) is 0 Å². The molecule has 0 radical (unpaired) electrons. The molecule has 5 aromatic rings. The van der Waals surface area contributed by atoms with Crippen LogP contribution in [0.5, 0.6) is 0 Å². The van der Waals surface area contributed by atoms with Crippen LogP contribution in [0.25, 0.3) is 33.5 Å². The molecule has 0 atom stereocenters. The standard InChI is InChI=1S/C31H25BrN3S/c1-33-15-14-21(27-4-2-3-5-30(27)33)6-9-26-10-13-31(36-26)22-7-11-28-23(16-22)18-34-20-35(28)19-24-17-25(32)8-12-29(24)34/h2-17H,18-20H2,1H3/q+1. The van der Waals surface area contributed by atoms with E-state index in [2.05, 4.69) is 135 Å². The highest BCUT2D eigenvalue weighted by Crippen LogP contribution is 2.41. The molecular weight excluding hydrogens is 526 g/mol. The van der Waals surface area contributed by atoms with E-state index in [1.807, 2.05) is 11.3 Å². The first-order valence-electron chi connectivity index (χ1n) is 12.2. The lowest BCUT2D eigenvalue weighted by Gasteiger charge is -2.45. The van der Waals surface area contributed by atoms with Crippen LogP contribution in [0.4, 0.5) is 11.4 Å². The van der Waals surface area contributed by atoms with E-state index in [1.54, 1.807) is 0 Å². The van der Waals surface area contributed by atoms with Crippen molar-refractivity contribution in [2.45, 2.75) is 13.1 Å². The highest BCUT2D eigenvalue weighted by Gasteiger charge is 2.29. The van der Waals surface area contributed by atoms with E-state index in [4.69, 9.17) is 0 Å². The van der Waals surface area contributed by atoms with Crippen molar-refractivity contribution in [2.75, 3.05) is 16.5 Å². The van der Waals surface area contributed by atoms with Gasteiger partial charge in [-0.3, -0.25) is 0 Å². The van der Waals surface area contributed by atoms with E-state index < -0.39 is 0 Å². The monoisotopic (exact) mass is 550 g/mol. The Morgan fingerprint density at radius 2 is 1.61 bits per heavy atom. The van der Waals surface area contributed by atoms with Gasteiger partial charge in [0.05, 0.1) is 12.1 Å². The number of rotatable bonds is 3. The van der Waals surface area contributed by atoms with Crippen molar-refractivity contribution in [3.8, 4) is 10.4 Å². The molecule has 2 aliphatic rings. The SMILES string of the molecule is C[n+]1ccc(/C=C/c2ccc(-c3ccc4c(c3)CN3CN4Cc4cc(Br)ccc43)s2)c2ccccc21. The summed E-state index contributed by atoms with van der Waals surface area (Å²) in [4.78, 5) is 7.56. The summed E-state index contributed by atoms with van der Waals surface area (Å²) in [6.45, 7) is 2.86. The number of hydrogen-bond donors (Lipinski definition) is 0. The second-order valence-corrected chi connectivity index (χ2v) is 11.6. The minimum atomic E-state index is 0.949. The largest absolute Gasteiger partial charge is 0.349 e. The predicted molar refractivity (Wildman–Crippen MR) is 155 cm³/mol. The van der Waals surface area contributed by atoms with Crippen molar-refractivity contribution in [1.29, 1.82) is 0 Å². The number of pyridine rings is 1. The Morgan fingerprint density at radius 3 is 2.47 bits per heavy atom. The van der Waals surface area contributed by atoms with Crippen LogP contribution in [0.1, 0.15) is 21.6 Å². The quantitative estimate of drug-likeness (QED) is 0.214. The number of aryl methyl sites for hydroxylation is 1. The maximum absolute atomic E-state index is 3.64. The normalized spacial score (nSPS) is 14.4. The number of nitrogens with zero attached hydrogens (tertiary/aromatic N) is 3. The van der Waals surface area contributed by atoms with Crippen LogP contribution in [0.2, 0.25) is 0 Å². The molecule has 0 aliphatic carbocycles. The lowest BCUT2D eigenvalue weighted by molar-refractivity contribution is -0.644. The highest BCUT2D eigenvalue weighted by molar-refractivity contribution is 9.10. The van der Waals surface area contributed by atoms with Crippen LogP contribution in [0.3, 0.4) is 0 Å². The Morgan fingerprint density at radius 1 is 0.833 bits per heavy atom. The van der Waals surface area contributed by atoms with Crippen molar-refractivity contribution < 1.29 is 4.57 Å². The number of anilines is 2. The molecule has 2 aromatic heterocycles. The van der Waals surface area contributed by atoms with Crippen LogP contribution in [-0.4, -0.2) is 6.67 Å². The summed E-state index contributed by atoms with van der Waals surface area (Å²) in [6, 6.07) is 28.9. The fourth-order valence-corrected chi connectivity index (χ4v) is 6.82. The molecule has 0 unspecified atom stereocenters. The van der Waals surface area contributed by atoms with Crippen molar-refractivity contribution in [1.82, 2.24) is 0 Å². The van der Waals surface area contributed by atoms with E-state index in [-0.39, 0.29) is 0 Å². The summed E-state index contributed by atoms with van der Waals surface area (Å²) in [5.74, 6) is 0. The highest BCUT2D eigenvalue weighted by atomic mass is 79.9. The molecule has 7 rings (SSSR count). The molecule has 0 amide bonds. The summed E-state index contributed by atoms with van der Waals surface area (Å²) in [5, 5.41) is 1.27. The molecule has 4 heterocycles. The second kappa shape index (κ2) is 8.61. The maximum atomic E-state index is 3.64. The molecule has 36 heavy (non-hydrogen) atoms. The van der Waals surface area contributed by atoms with Crippen molar-refractivity contribution in [3.63, 3.8) is 0 Å². The first-order chi connectivity index (χ1) is 17.6. The Kier molecular flexibility index (Phi) is 5.22. The number of thiophene rings is 1. The van der Waals surface area contributed by atoms with Gasteiger partial charge >= 0.3 is 0 Å². The molecule has 0 N–H and O–H groups in total. The van der Waals surface area contributed by atoms with Crippen LogP contribution in [0.15, 0.2) is 89.5 Å². The molecule has 5 heteroatoms. The zero-order chi connectivity index (χ0) is 24.2. The van der Waals surface area contributed by atoms with E-state index in [0.717, 1.165) is 24.2 Å². The first-order valence-corrected chi connectivity index (χ1v) is 13.8. The summed E-state index contributed by atoms with van der Waals surface area (Å²) >= 11 is 5.49. The van der Waals surface area contributed by atoms with Crippen LogP contribution in [0, 0.1) is 0 Å². The number of para-hydroxylation sites is 1. The lowest BCUT2D eigenvalue weighted by atomic mass is 9.99. The third-order valence-electron chi connectivity index (χ3n) is 7.28. The van der Waals surface area contributed by atoms with Gasteiger partial charge in [0.25, 0.3) is 0 Å². The summed E-state index contributed by atoms with van der Waals surface area (Å²) in [6.07, 6.45) is 6.61. The van der Waals surface area contributed by atoms with Gasteiger partial charge in [0.1, 0.15) is 7.05 Å². The maximum Gasteiger partial charge on any atom is 0.212 e. The molecular formula is C31H25BrN3S+. The number of halogens is 1. The first kappa shape index (κ1) is 21.8. The predicted octanol–water partition coefficient (Wildman–Crippen LogP) is 7.62. The fourth-order valence-electron chi connectivity index (χ4n) is 5.51. The van der Waals surface area contributed by atoms with Gasteiger partial charge in [0.15, 0.2) is 6.20 Å². The van der Waals surface area contributed by atoms with Crippen molar-refractivity contribution in [3.05, 3.63) is 111 Å². The molecule has 0 fully saturated rings. The molecule has 176 valence electrons. The van der Waals surface area contributed by atoms with Gasteiger partial charge in [-0.1, -0.05) is 40.2 Å². The number of aromatic nitrogens is 1. The fraction of sp³-hybridized carbons (Fsp3) is 0.129. The second-order valence-electron chi connectivity index (χ2n) is 9.59. The molecule has 0 saturated heterocycles. The third-order valence-corrected chi connectivity index (χ3v) is 8.87. The van der Waals surface area contributed by atoms with Gasteiger partial charge < -0.3 is 9.80 Å². The van der Waals surface area contributed by atoms with Gasteiger partial charge in [-0.15, -0.1) is 11.3 Å². The summed E-state index contributed by atoms with van der Waals surface area (Å²) in [7, 11) is 2.10. The van der Waals surface area contributed by atoms with Crippen LogP contribution < -0.4 is 14.4 Å². The van der Waals surface area contributed by atoms with E-state index in [9.17, 15) is 0 Å². The molecule has 3 aromatic carbocycles. The van der Waals surface area contributed by atoms with Crippen molar-refractivity contribution in [2.24, 2.45) is 7.05 Å². The van der Waals surface area contributed by atoms with E-state index >= 15 is 0 Å². The van der Waals surface area contributed by atoms with Gasteiger partial charge in [0.2, 0.25) is 5.52 Å². The minimum absolute atomic E-state index is 0.949. The lowest BCUT2D eigenvalue weighted by Crippen LogP contribution is -2.46. The molecule has 0 saturated carbocycles. The third kappa shape index (κ3) is 3.74. The average Bonchev–Trinajstić information content (AvgIpc) is 3.37.